The zero-order valence-corrected chi connectivity index (χ0v) is 13.6. The van der Waals surface area contributed by atoms with E-state index < -0.39 is 10.0 Å². The first-order valence-corrected chi connectivity index (χ1v) is 9.55. The van der Waals surface area contributed by atoms with Crippen LogP contribution in [0, 0.1) is 29.1 Å². The topological polar surface area (TPSA) is 61.2 Å². The van der Waals surface area contributed by atoms with Gasteiger partial charge in [0, 0.05) is 12.6 Å². The van der Waals surface area contributed by atoms with Gasteiger partial charge in [-0.05, 0) is 61.6 Å². The maximum atomic E-state index is 13.0. The summed E-state index contributed by atoms with van der Waals surface area (Å²) in [4.78, 5) is 0.0770. The van der Waals surface area contributed by atoms with Gasteiger partial charge in [-0.3, -0.25) is 0 Å². The van der Waals surface area contributed by atoms with Gasteiger partial charge >= 0.3 is 0 Å². The summed E-state index contributed by atoms with van der Waals surface area (Å²) in [6.45, 7) is 0.612. The highest BCUT2D eigenvalue weighted by atomic mass is 35.5. The largest absolute Gasteiger partial charge is 0.244 e. The van der Waals surface area contributed by atoms with Crippen molar-refractivity contribution in [2.45, 2.75) is 36.6 Å². The Bertz CT molecular complexity index is 763. The first kappa shape index (κ1) is 14.5. The van der Waals surface area contributed by atoms with E-state index in [2.05, 4.69) is 0 Å². The van der Waals surface area contributed by atoms with E-state index in [-0.39, 0.29) is 16.0 Å². The van der Waals surface area contributed by atoms with Crippen molar-refractivity contribution in [3.05, 3.63) is 28.8 Å². The molecule has 1 aromatic rings. The van der Waals surface area contributed by atoms with Crippen LogP contribution < -0.4 is 0 Å². The molecule has 3 fully saturated rings. The molecular formula is C16H17ClN2O2S. The fourth-order valence-electron chi connectivity index (χ4n) is 3.64. The molecule has 1 saturated heterocycles. The number of benzene rings is 1. The standard InChI is InChI=1S/C16H17ClN2O2S/c17-14-6-1-10(8-18)7-15(14)22(20,21)19-9-13(11-2-3-11)16(19)12-4-5-12/h1,6-7,11-13,16H,2-5,9H2. The minimum Gasteiger partial charge on any atom is -0.207 e. The van der Waals surface area contributed by atoms with E-state index in [0.29, 0.717) is 23.9 Å². The molecule has 6 heteroatoms. The highest BCUT2D eigenvalue weighted by Crippen LogP contribution is 2.54. The zero-order valence-electron chi connectivity index (χ0n) is 12.1. The molecule has 1 aromatic carbocycles. The molecule has 0 radical (unpaired) electrons. The van der Waals surface area contributed by atoms with E-state index in [1.165, 1.54) is 25.0 Å². The van der Waals surface area contributed by atoms with Gasteiger partial charge in [0.2, 0.25) is 10.0 Å². The first-order valence-electron chi connectivity index (χ1n) is 7.74. The van der Waals surface area contributed by atoms with Crippen molar-refractivity contribution in [2.75, 3.05) is 6.54 Å². The van der Waals surface area contributed by atoms with Gasteiger partial charge in [-0.15, -0.1) is 0 Å². The fourth-order valence-corrected chi connectivity index (χ4v) is 5.91. The molecule has 3 aliphatic rings. The maximum Gasteiger partial charge on any atom is 0.244 e. The number of halogens is 1. The Balaban J connectivity index is 1.67. The second-order valence-corrected chi connectivity index (χ2v) is 8.93. The summed E-state index contributed by atoms with van der Waals surface area (Å²) >= 11 is 6.10. The highest BCUT2D eigenvalue weighted by molar-refractivity contribution is 7.89. The van der Waals surface area contributed by atoms with Gasteiger partial charge in [0.25, 0.3) is 0 Å². The van der Waals surface area contributed by atoms with E-state index in [4.69, 9.17) is 16.9 Å². The van der Waals surface area contributed by atoms with Crippen molar-refractivity contribution < 1.29 is 8.42 Å². The average molecular weight is 337 g/mol. The van der Waals surface area contributed by atoms with Crippen LogP contribution in [0.1, 0.15) is 31.2 Å². The highest BCUT2D eigenvalue weighted by Gasteiger charge is 2.56. The molecule has 4 nitrogen and oxygen atoms in total. The summed E-state index contributed by atoms with van der Waals surface area (Å²) in [6, 6.07) is 6.57. The predicted octanol–water partition coefficient (Wildman–Crippen LogP) is 3.02. The number of nitrogens with zero attached hydrogens (tertiary/aromatic N) is 2. The molecule has 2 unspecified atom stereocenters. The lowest BCUT2D eigenvalue weighted by molar-refractivity contribution is 0.0657. The Kier molecular flexibility index (Phi) is 3.26. The Morgan fingerprint density at radius 2 is 1.86 bits per heavy atom. The molecule has 2 aliphatic carbocycles. The summed E-state index contributed by atoms with van der Waals surface area (Å²) in [5.74, 6) is 1.77. The van der Waals surface area contributed by atoms with Gasteiger partial charge in [0.15, 0.2) is 0 Å². The lowest BCUT2D eigenvalue weighted by atomic mass is 9.84. The Labute approximate surface area is 135 Å². The lowest BCUT2D eigenvalue weighted by Crippen LogP contribution is -2.60. The normalized spacial score (nSPS) is 28.9. The van der Waals surface area contributed by atoms with E-state index in [9.17, 15) is 8.42 Å². The van der Waals surface area contributed by atoms with Crippen LogP contribution in [0.4, 0.5) is 0 Å². The molecule has 4 rings (SSSR count). The fraction of sp³-hybridized carbons (Fsp3) is 0.562. The van der Waals surface area contributed by atoms with Crippen molar-refractivity contribution in [1.82, 2.24) is 4.31 Å². The smallest absolute Gasteiger partial charge is 0.207 e. The van der Waals surface area contributed by atoms with E-state index in [1.807, 2.05) is 6.07 Å². The molecule has 0 spiro atoms. The Morgan fingerprint density at radius 3 is 2.45 bits per heavy atom. The summed E-state index contributed by atoms with van der Waals surface area (Å²) in [6.07, 6.45) is 4.75. The number of rotatable bonds is 4. The molecule has 2 atom stereocenters. The molecule has 1 heterocycles. The summed E-state index contributed by atoms with van der Waals surface area (Å²) in [5, 5.41) is 9.20. The van der Waals surface area contributed by atoms with Crippen LogP contribution in [-0.2, 0) is 10.0 Å². The van der Waals surface area contributed by atoms with Crippen molar-refractivity contribution in [2.24, 2.45) is 17.8 Å². The van der Waals surface area contributed by atoms with Crippen LogP contribution in [-0.4, -0.2) is 25.3 Å². The predicted molar refractivity (Wildman–Crippen MR) is 82.8 cm³/mol. The second-order valence-electron chi connectivity index (χ2n) is 6.66. The molecule has 0 amide bonds. The summed E-state index contributed by atoms with van der Waals surface area (Å²) in [5.41, 5.74) is 0.324. The lowest BCUT2D eigenvalue weighted by Gasteiger charge is -2.48. The van der Waals surface area contributed by atoms with Gasteiger partial charge in [-0.25, -0.2) is 8.42 Å². The van der Waals surface area contributed by atoms with Gasteiger partial charge in [0.05, 0.1) is 16.7 Å². The van der Waals surface area contributed by atoms with Crippen LogP contribution >= 0.6 is 11.6 Å². The maximum absolute atomic E-state index is 13.0. The molecule has 1 aliphatic heterocycles. The van der Waals surface area contributed by atoms with Crippen LogP contribution in [0.15, 0.2) is 23.1 Å². The van der Waals surface area contributed by atoms with Gasteiger partial charge in [-0.2, -0.15) is 9.57 Å². The minimum absolute atomic E-state index is 0.0770. The molecule has 0 N–H and O–H groups in total. The van der Waals surface area contributed by atoms with Gasteiger partial charge < -0.3 is 0 Å². The monoisotopic (exact) mass is 336 g/mol. The number of nitriles is 1. The van der Waals surface area contributed by atoms with Crippen molar-refractivity contribution in [3.63, 3.8) is 0 Å². The number of hydrogen-bond donors (Lipinski definition) is 0. The van der Waals surface area contributed by atoms with E-state index in [0.717, 1.165) is 18.8 Å². The molecule has 22 heavy (non-hydrogen) atoms. The van der Waals surface area contributed by atoms with E-state index in [1.54, 1.807) is 10.4 Å². The second kappa shape index (κ2) is 4.95. The SMILES string of the molecule is N#Cc1ccc(Cl)c(S(=O)(=O)N2CC(C3CC3)C2C2CC2)c1. The van der Waals surface area contributed by atoms with Crippen molar-refractivity contribution >= 4 is 21.6 Å². The van der Waals surface area contributed by atoms with Crippen molar-refractivity contribution in [3.8, 4) is 6.07 Å². The van der Waals surface area contributed by atoms with Crippen LogP contribution in [0.5, 0.6) is 0 Å². The molecule has 2 saturated carbocycles. The Hall–Kier alpha value is -1.09. The third-order valence-corrected chi connectivity index (χ3v) is 7.49. The first-order chi connectivity index (χ1) is 10.5. The molecular weight excluding hydrogens is 320 g/mol. The van der Waals surface area contributed by atoms with Gasteiger partial charge in [0.1, 0.15) is 4.90 Å². The number of sulfonamides is 1. The van der Waals surface area contributed by atoms with Crippen LogP contribution in [0.2, 0.25) is 5.02 Å². The third-order valence-electron chi connectivity index (χ3n) is 5.14. The van der Waals surface area contributed by atoms with Crippen LogP contribution in [0.25, 0.3) is 0 Å². The molecule has 116 valence electrons. The van der Waals surface area contributed by atoms with Crippen molar-refractivity contribution in [1.29, 1.82) is 5.26 Å². The molecule has 0 bridgehead atoms. The van der Waals surface area contributed by atoms with Crippen LogP contribution in [0.3, 0.4) is 0 Å². The summed E-state index contributed by atoms with van der Waals surface area (Å²) < 4.78 is 27.6. The summed E-state index contributed by atoms with van der Waals surface area (Å²) in [7, 11) is -3.61. The van der Waals surface area contributed by atoms with E-state index >= 15 is 0 Å². The third kappa shape index (κ3) is 2.25. The zero-order chi connectivity index (χ0) is 15.5. The Morgan fingerprint density at radius 1 is 1.18 bits per heavy atom. The quantitative estimate of drug-likeness (QED) is 0.849. The minimum atomic E-state index is -3.61. The average Bonchev–Trinajstić information content (AvgIpc) is 3.32. The van der Waals surface area contributed by atoms with Gasteiger partial charge in [-0.1, -0.05) is 11.6 Å². The number of hydrogen-bond acceptors (Lipinski definition) is 3. The molecule has 0 aromatic heterocycles.